The summed E-state index contributed by atoms with van der Waals surface area (Å²) in [6.07, 6.45) is 8.21. The number of hydrogen-bond donors (Lipinski definition) is 1. The normalized spacial score (nSPS) is 26.8. The Morgan fingerprint density at radius 2 is 1.61 bits per heavy atom. The van der Waals surface area contributed by atoms with E-state index in [1.165, 1.54) is 38.5 Å². The van der Waals surface area contributed by atoms with Gasteiger partial charge in [-0.2, -0.15) is 0 Å². The number of rotatable bonds is 3. The maximum absolute atomic E-state index is 6.64. The molecule has 2 N–H and O–H groups in total. The highest BCUT2D eigenvalue weighted by atomic mass is 16.5. The molecule has 1 saturated carbocycles. The largest absolute Gasteiger partial charge is 0.379 e. The number of nitrogens with zero attached hydrogens (tertiary/aromatic N) is 1. The van der Waals surface area contributed by atoms with E-state index in [0.29, 0.717) is 12.0 Å². The molecule has 1 aliphatic carbocycles. The van der Waals surface area contributed by atoms with E-state index >= 15 is 0 Å². The number of morpholine rings is 1. The molecule has 0 radical (unpaired) electrons. The molecule has 1 saturated heterocycles. The average Bonchev–Trinajstić information content (AvgIpc) is 2.67. The molecular formula is C15H30N2O. The SMILES string of the molecule is CC(C)(C(N)C1CCCCCC1)N1CCOCC1. The van der Waals surface area contributed by atoms with E-state index < -0.39 is 0 Å². The molecule has 0 aromatic carbocycles. The first kappa shape index (κ1) is 14.3. The fraction of sp³-hybridized carbons (Fsp3) is 1.00. The van der Waals surface area contributed by atoms with Crippen molar-refractivity contribution in [2.24, 2.45) is 11.7 Å². The molecule has 2 fully saturated rings. The second-order valence-electron chi connectivity index (χ2n) is 6.53. The van der Waals surface area contributed by atoms with Gasteiger partial charge in [0.25, 0.3) is 0 Å². The fourth-order valence-electron chi connectivity index (χ4n) is 3.60. The summed E-state index contributed by atoms with van der Waals surface area (Å²) in [5, 5.41) is 0. The number of hydrogen-bond acceptors (Lipinski definition) is 3. The van der Waals surface area contributed by atoms with Crippen molar-refractivity contribution in [2.75, 3.05) is 26.3 Å². The summed E-state index contributed by atoms with van der Waals surface area (Å²) in [5.41, 5.74) is 6.75. The third-order valence-corrected chi connectivity index (χ3v) is 5.05. The van der Waals surface area contributed by atoms with E-state index in [0.717, 1.165) is 26.3 Å². The van der Waals surface area contributed by atoms with Crippen molar-refractivity contribution in [3.8, 4) is 0 Å². The Balaban J connectivity index is 1.97. The summed E-state index contributed by atoms with van der Waals surface area (Å²) in [6.45, 7) is 8.45. The molecule has 1 heterocycles. The summed E-state index contributed by atoms with van der Waals surface area (Å²) in [4.78, 5) is 2.53. The van der Waals surface area contributed by atoms with Crippen LogP contribution in [0, 0.1) is 5.92 Å². The van der Waals surface area contributed by atoms with Crippen LogP contribution in [0.3, 0.4) is 0 Å². The van der Waals surface area contributed by atoms with Crippen LogP contribution < -0.4 is 5.73 Å². The summed E-state index contributed by atoms with van der Waals surface area (Å²) < 4.78 is 5.46. The van der Waals surface area contributed by atoms with Crippen molar-refractivity contribution < 1.29 is 4.74 Å². The van der Waals surface area contributed by atoms with Gasteiger partial charge in [0.2, 0.25) is 0 Å². The van der Waals surface area contributed by atoms with E-state index in [9.17, 15) is 0 Å². The van der Waals surface area contributed by atoms with Crippen molar-refractivity contribution in [1.82, 2.24) is 4.90 Å². The molecular weight excluding hydrogens is 224 g/mol. The highest BCUT2D eigenvalue weighted by Crippen LogP contribution is 2.32. The third-order valence-electron chi connectivity index (χ3n) is 5.05. The van der Waals surface area contributed by atoms with Crippen LogP contribution in [0.5, 0.6) is 0 Å². The maximum atomic E-state index is 6.64. The summed E-state index contributed by atoms with van der Waals surface area (Å²) in [6, 6.07) is 0.300. The first-order valence-corrected chi connectivity index (χ1v) is 7.71. The summed E-state index contributed by atoms with van der Waals surface area (Å²) in [5.74, 6) is 0.713. The Labute approximate surface area is 112 Å². The first-order valence-electron chi connectivity index (χ1n) is 7.71. The van der Waals surface area contributed by atoms with Crippen molar-refractivity contribution in [1.29, 1.82) is 0 Å². The van der Waals surface area contributed by atoms with Gasteiger partial charge in [0.15, 0.2) is 0 Å². The minimum atomic E-state index is 0.110. The third kappa shape index (κ3) is 3.25. The van der Waals surface area contributed by atoms with Crippen LogP contribution in [0.2, 0.25) is 0 Å². The zero-order chi connectivity index (χ0) is 13.0. The van der Waals surface area contributed by atoms with E-state index in [1.807, 2.05) is 0 Å². The van der Waals surface area contributed by atoms with Crippen LogP contribution in [0.15, 0.2) is 0 Å². The van der Waals surface area contributed by atoms with Crippen LogP contribution >= 0.6 is 0 Å². The molecule has 3 heteroatoms. The molecule has 0 aromatic heterocycles. The van der Waals surface area contributed by atoms with Crippen LogP contribution in [0.1, 0.15) is 52.4 Å². The van der Waals surface area contributed by atoms with Crippen LogP contribution in [0.25, 0.3) is 0 Å². The predicted octanol–water partition coefficient (Wildman–Crippen LogP) is 2.39. The van der Waals surface area contributed by atoms with Crippen LogP contribution in [-0.4, -0.2) is 42.8 Å². The number of nitrogens with two attached hydrogens (primary N) is 1. The molecule has 0 spiro atoms. The van der Waals surface area contributed by atoms with Crippen molar-refractivity contribution in [3.63, 3.8) is 0 Å². The van der Waals surface area contributed by atoms with Crippen molar-refractivity contribution in [2.45, 2.75) is 64.0 Å². The molecule has 3 nitrogen and oxygen atoms in total. The van der Waals surface area contributed by atoms with Gasteiger partial charge in [-0.3, -0.25) is 4.90 Å². The highest BCUT2D eigenvalue weighted by Gasteiger charge is 2.38. The van der Waals surface area contributed by atoms with E-state index in [1.54, 1.807) is 0 Å². The molecule has 2 aliphatic rings. The summed E-state index contributed by atoms with van der Waals surface area (Å²) >= 11 is 0. The highest BCUT2D eigenvalue weighted by molar-refractivity contribution is 4.96. The maximum Gasteiger partial charge on any atom is 0.0594 e. The standard InChI is InChI=1S/C15H30N2O/c1-15(2,17-9-11-18-12-10-17)14(16)13-7-5-3-4-6-8-13/h13-14H,3-12,16H2,1-2H3. The second kappa shape index (κ2) is 6.36. The fourth-order valence-corrected chi connectivity index (χ4v) is 3.60. The van der Waals surface area contributed by atoms with Crippen LogP contribution in [0.4, 0.5) is 0 Å². The molecule has 1 aliphatic heterocycles. The van der Waals surface area contributed by atoms with Gasteiger partial charge in [-0.15, -0.1) is 0 Å². The monoisotopic (exact) mass is 254 g/mol. The first-order chi connectivity index (χ1) is 8.62. The lowest BCUT2D eigenvalue weighted by atomic mass is 9.79. The Hall–Kier alpha value is -0.120. The Morgan fingerprint density at radius 3 is 2.17 bits per heavy atom. The number of ether oxygens (including phenoxy) is 1. The Morgan fingerprint density at radius 1 is 1.06 bits per heavy atom. The van der Waals surface area contributed by atoms with Gasteiger partial charge < -0.3 is 10.5 Å². The molecule has 0 bridgehead atoms. The van der Waals surface area contributed by atoms with Gasteiger partial charge in [-0.1, -0.05) is 25.7 Å². The van der Waals surface area contributed by atoms with E-state index in [2.05, 4.69) is 18.7 Å². The van der Waals surface area contributed by atoms with Gasteiger partial charge in [-0.05, 0) is 32.6 Å². The average molecular weight is 254 g/mol. The molecule has 1 unspecified atom stereocenters. The lowest BCUT2D eigenvalue weighted by Gasteiger charge is -2.47. The van der Waals surface area contributed by atoms with E-state index in [4.69, 9.17) is 10.5 Å². The lowest BCUT2D eigenvalue weighted by molar-refractivity contribution is -0.0266. The molecule has 0 aromatic rings. The quantitative estimate of drug-likeness (QED) is 0.786. The lowest BCUT2D eigenvalue weighted by Crippen LogP contribution is -2.61. The zero-order valence-corrected chi connectivity index (χ0v) is 12.2. The smallest absolute Gasteiger partial charge is 0.0594 e. The van der Waals surface area contributed by atoms with Gasteiger partial charge in [0.1, 0.15) is 0 Å². The van der Waals surface area contributed by atoms with Crippen molar-refractivity contribution in [3.05, 3.63) is 0 Å². The van der Waals surface area contributed by atoms with Crippen LogP contribution in [-0.2, 0) is 4.74 Å². The molecule has 1 atom stereocenters. The summed E-state index contributed by atoms with van der Waals surface area (Å²) in [7, 11) is 0. The molecule has 106 valence electrons. The Kier molecular flexibility index (Phi) is 5.05. The minimum absolute atomic E-state index is 0.110. The van der Waals surface area contributed by atoms with Gasteiger partial charge in [0.05, 0.1) is 13.2 Å². The molecule has 0 amide bonds. The Bertz CT molecular complexity index is 241. The van der Waals surface area contributed by atoms with Gasteiger partial charge >= 0.3 is 0 Å². The van der Waals surface area contributed by atoms with Gasteiger partial charge in [0, 0.05) is 24.7 Å². The van der Waals surface area contributed by atoms with Crippen molar-refractivity contribution >= 4 is 0 Å². The molecule has 18 heavy (non-hydrogen) atoms. The second-order valence-corrected chi connectivity index (χ2v) is 6.53. The predicted molar refractivity (Wildman–Crippen MR) is 75.6 cm³/mol. The topological polar surface area (TPSA) is 38.5 Å². The van der Waals surface area contributed by atoms with E-state index in [-0.39, 0.29) is 5.54 Å². The molecule has 2 rings (SSSR count). The minimum Gasteiger partial charge on any atom is -0.379 e. The zero-order valence-electron chi connectivity index (χ0n) is 12.2. The van der Waals surface area contributed by atoms with Gasteiger partial charge in [-0.25, -0.2) is 0 Å².